The van der Waals surface area contributed by atoms with Gasteiger partial charge in [-0.15, -0.1) is 0 Å². The van der Waals surface area contributed by atoms with Gasteiger partial charge >= 0.3 is 0 Å². The average molecular weight is 121 g/mol. The normalized spacial score (nSPS) is 8.29. The van der Waals surface area contributed by atoms with Gasteiger partial charge in [0.2, 0.25) is 0 Å². The Morgan fingerprint density at radius 1 is 1.86 bits per heavy atom. The molecule has 2 nitrogen and oxygen atoms in total. The first-order chi connectivity index (χ1) is 3.27. The van der Waals surface area contributed by atoms with E-state index in [9.17, 15) is 0 Å². The molecule has 0 aromatic carbocycles. The van der Waals surface area contributed by atoms with Crippen molar-refractivity contribution < 1.29 is 0 Å². The van der Waals surface area contributed by atoms with Crippen LogP contribution in [-0.4, -0.2) is 11.8 Å². The second-order valence-electron chi connectivity index (χ2n) is 1.24. The zero-order chi connectivity index (χ0) is 5.70. The highest BCUT2D eigenvalue weighted by Crippen LogP contribution is 1.74. The smallest absolute Gasteiger partial charge is 0.188 e. The van der Waals surface area contributed by atoms with E-state index in [1.807, 2.05) is 6.92 Å². The molecular formula is C4H9ClN2. The van der Waals surface area contributed by atoms with Gasteiger partial charge in [-0.2, -0.15) is 0 Å². The Morgan fingerprint density at radius 3 is 2.57 bits per heavy atom. The van der Waals surface area contributed by atoms with Gasteiger partial charge in [-0.05, 0) is 18.0 Å². The van der Waals surface area contributed by atoms with Crippen LogP contribution in [0.25, 0.3) is 0 Å². The van der Waals surface area contributed by atoms with Gasteiger partial charge in [-0.25, -0.2) is 0 Å². The van der Waals surface area contributed by atoms with E-state index < -0.39 is 0 Å². The maximum atomic E-state index is 6.65. The predicted octanol–water partition coefficient (Wildman–Crippen LogP) is 1.16. The molecule has 0 amide bonds. The molecule has 0 saturated carbocycles. The van der Waals surface area contributed by atoms with E-state index in [1.165, 1.54) is 0 Å². The van der Waals surface area contributed by atoms with E-state index in [1.54, 1.807) is 0 Å². The van der Waals surface area contributed by atoms with Crippen LogP contribution in [0.15, 0.2) is 0 Å². The molecule has 3 heteroatoms. The topological polar surface area (TPSA) is 35.9 Å². The zero-order valence-electron chi connectivity index (χ0n) is 4.29. The average Bonchev–Trinajstić information content (AvgIpc) is 1.61. The van der Waals surface area contributed by atoms with Crippen LogP contribution >= 0.6 is 11.6 Å². The number of halogens is 1. The lowest BCUT2D eigenvalue weighted by Gasteiger charge is -1.94. The number of amidine groups is 1. The number of nitrogens with one attached hydrogen (secondary N) is 2. The van der Waals surface area contributed by atoms with Crippen LogP contribution in [0.5, 0.6) is 0 Å². The summed E-state index contributed by atoms with van der Waals surface area (Å²) in [5, 5.41) is 9.33. The molecule has 0 unspecified atom stereocenters. The molecule has 0 heterocycles. The summed E-state index contributed by atoms with van der Waals surface area (Å²) in [5.74, 6) is 0. The quantitative estimate of drug-likeness (QED) is 0.320. The van der Waals surface area contributed by atoms with Gasteiger partial charge < -0.3 is 5.32 Å². The van der Waals surface area contributed by atoms with Crippen LogP contribution in [0.4, 0.5) is 0 Å². The van der Waals surface area contributed by atoms with Crippen molar-refractivity contribution in [2.24, 2.45) is 0 Å². The van der Waals surface area contributed by atoms with Crippen LogP contribution in [0.1, 0.15) is 13.3 Å². The molecule has 42 valence electrons. The van der Waals surface area contributed by atoms with Gasteiger partial charge in [-0.3, -0.25) is 5.41 Å². The fourth-order valence-electron chi connectivity index (χ4n) is 0.235. The standard InChI is InChI=1S/C4H9ClN2/c1-2-3-7-4(5)6/h2-3H2,1H3,(H2,6,7). The Morgan fingerprint density at radius 2 is 2.43 bits per heavy atom. The van der Waals surface area contributed by atoms with Gasteiger partial charge in [0.15, 0.2) is 5.29 Å². The molecule has 0 aliphatic heterocycles. The highest BCUT2D eigenvalue weighted by Gasteiger charge is 1.81. The summed E-state index contributed by atoms with van der Waals surface area (Å²) in [7, 11) is 0. The maximum absolute atomic E-state index is 6.65. The second kappa shape index (κ2) is 3.93. The maximum Gasteiger partial charge on any atom is 0.188 e. The van der Waals surface area contributed by atoms with Crippen LogP contribution < -0.4 is 5.32 Å². The Labute approximate surface area is 48.4 Å². The fraction of sp³-hybridized carbons (Fsp3) is 0.750. The van der Waals surface area contributed by atoms with Crippen molar-refractivity contribution >= 4 is 16.9 Å². The van der Waals surface area contributed by atoms with Crippen molar-refractivity contribution in [3.63, 3.8) is 0 Å². The third kappa shape index (κ3) is 5.76. The van der Waals surface area contributed by atoms with E-state index in [4.69, 9.17) is 17.0 Å². The van der Waals surface area contributed by atoms with Gasteiger partial charge in [0, 0.05) is 6.54 Å². The molecule has 0 bridgehead atoms. The lowest BCUT2D eigenvalue weighted by Crippen LogP contribution is -2.17. The number of hydrogen-bond acceptors (Lipinski definition) is 1. The zero-order valence-corrected chi connectivity index (χ0v) is 5.05. The second-order valence-corrected chi connectivity index (χ2v) is 1.62. The molecule has 0 aliphatic carbocycles. The molecule has 2 N–H and O–H groups in total. The summed E-state index contributed by atoms with van der Waals surface area (Å²) in [6.45, 7) is 2.81. The third-order valence-electron chi connectivity index (χ3n) is 0.530. The molecule has 0 saturated heterocycles. The highest BCUT2D eigenvalue weighted by molar-refractivity contribution is 6.63. The summed E-state index contributed by atoms with van der Waals surface area (Å²) < 4.78 is 0. The Hall–Kier alpha value is -0.240. The minimum atomic E-state index is 0.0295. The largest absolute Gasteiger partial charge is 0.361 e. The molecule has 0 fully saturated rings. The van der Waals surface area contributed by atoms with Gasteiger partial charge in [0.25, 0.3) is 0 Å². The molecule has 0 spiro atoms. The lowest BCUT2D eigenvalue weighted by molar-refractivity contribution is 0.844. The molecule has 0 aliphatic rings. The van der Waals surface area contributed by atoms with E-state index >= 15 is 0 Å². The first-order valence-corrected chi connectivity index (χ1v) is 2.63. The van der Waals surface area contributed by atoms with Crippen molar-refractivity contribution in [2.45, 2.75) is 13.3 Å². The number of rotatable bonds is 2. The van der Waals surface area contributed by atoms with Crippen LogP contribution in [0.3, 0.4) is 0 Å². The predicted molar refractivity (Wildman–Crippen MR) is 31.9 cm³/mol. The minimum absolute atomic E-state index is 0.0295. The minimum Gasteiger partial charge on any atom is -0.361 e. The van der Waals surface area contributed by atoms with Gasteiger partial charge in [0.05, 0.1) is 0 Å². The third-order valence-corrected chi connectivity index (χ3v) is 0.664. The Kier molecular flexibility index (Phi) is 3.80. The molecule has 0 radical (unpaired) electrons. The summed E-state index contributed by atoms with van der Waals surface area (Å²) >= 11 is 5.13. The SMILES string of the molecule is CCCNC(=N)Cl. The summed E-state index contributed by atoms with van der Waals surface area (Å²) in [5.41, 5.74) is 0. The van der Waals surface area contributed by atoms with Crippen LogP contribution in [0, 0.1) is 5.41 Å². The Bertz CT molecular complexity index is 62.7. The van der Waals surface area contributed by atoms with Crippen molar-refractivity contribution in [1.29, 1.82) is 5.41 Å². The molecule has 0 aromatic rings. The van der Waals surface area contributed by atoms with Crippen molar-refractivity contribution in [3.8, 4) is 0 Å². The van der Waals surface area contributed by atoms with E-state index in [-0.39, 0.29) is 5.29 Å². The monoisotopic (exact) mass is 120 g/mol. The molecule has 0 atom stereocenters. The van der Waals surface area contributed by atoms with Crippen LogP contribution in [0.2, 0.25) is 0 Å². The molecule has 0 rings (SSSR count). The first kappa shape index (κ1) is 6.76. The highest BCUT2D eigenvalue weighted by atomic mass is 35.5. The van der Waals surface area contributed by atoms with Crippen molar-refractivity contribution in [3.05, 3.63) is 0 Å². The van der Waals surface area contributed by atoms with Crippen molar-refractivity contribution in [2.75, 3.05) is 6.54 Å². The van der Waals surface area contributed by atoms with Gasteiger partial charge in [-0.1, -0.05) is 6.92 Å². The molecule has 7 heavy (non-hydrogen) atoms. The molecule has 0 aromatic heterocycles. The van der Waals surface area contributed by atoms with Crippen molar-refractivity contribution in [1.82, 2.24) is 5.32 Å². The summed E-state index contributed by atoms with van der Waals surface area (Å²) in [6.07, 6.45) is 1.01. The fourth-order valence-corrected chi connectivity index (χ4v) is 0.329. The van der Waals surface area contributed by atoms with Gasteiger partial charge in [0.1, 0.15) is 0 Å². The van der Waals surface area contributed by atoms with Crippen LogP contribution in [-0.2, 0) is 0 Å². The summed E-state index contributed by atoms with van der Waals surface area (Å²) in [4.78, 5) is 0. The lowest BCUT2D eigenvalue weighted by atomic mass is 10.5. The molecular weight excluding hydrogens is 112 g/mol. The first-order valence-electron chi connectivity index (χ1n) is 2.25. The van der Waals surface area contributed by atoms with E-state index in [0.717, 1.165) is 13.0 Å². The summed E-state index contributed by atoms with van der Waals surface area (Å²) in [6, 6.07) is 0. The number of hydrogen-bond donors (Lipinski definition) is 2. The van der Waals surface area contributed by atoms with E-state index in [2.05, 4.69) is 5.32 Å². The van der Waals surface area contributed by atoms with E-state index in [0.29, 0.717) is 0 Å². The Balaban J connectivity index is 2.82.